The van der Waals surface area contributed by atoms with E-state index in [1.807, 2.05) is 20.8 Å². The molecule has 2 atom stereocenters. The van der Waals surface area contributed by atoms with Crippen molar-refractivity contribution in [1.82, 2.24) is 14.7 Å². The first kappa shape index (κ1) is 14.0. The summed E-state index contributed by atoms with van der Waals surface area (Å²) in [6, 6.07) is 1.80. The van der Waals surface area contributed by atoms with Crippen LogP contribution in [0, 0.1) is 0 Å². The summed E-state index contributed by atoms with van der Waals surface area (Å²) >= 11 is 0. The molecule has 6 heteroatoms. The quantitative estimate of drug-likeness (QED) is 0.820. The van der Waals surface area contributed by atoms with Crippen LogP contribution >= 0.6 is 0 Å². The molecule has 1 aromatic rings. The maximum Gasteiger partial charge on any atom is 0.272 e. The summed E-state index contributed by atoms with van der Waals surface area (Å²) < 4.78 is 1.68. The second kappa shape index (κ2) is 5.30. The van der Waals surface area contributed by atoms with Gasteiger partial charge in [0.15, 0.2) is 0 Å². The molecule has 6 nitrogen and oxygen atoms in total. The van der Waals surface area contributed by atoms with Gasteiger partial charge in [0.05, 0.1) is 17.9 Å². The van der Waals surface area contributed by atoms with Crippen molar-refractivity contribution in [2.24, 2.45) is 0 Å². The van der Waals surface area contributed by atoms with Gasteiger partial charge in [-0.3, -0.25) is 9.48 Å². The lowest BCUT2D eigenvalue weighted by Crippen LogP contribution is -2.31. The molecule has 0 unspecified atom stereocenters. The van der Waals surface area contributed by atoms with Gasteiger partial charge in [0, 0.05) is 19.6 Å². The van der Waals surface area contributed by atoms with Crippen molar-refractivity contribution in [3.05, 3.63) is 17.5 Å². The first-order chi connectivity index (χ1) is 8.93. The van der Waals surface area contributed by atoms with Crippen LogP contribution in [0.5, 0.6) is 0 Å². The normalized spacial score (nSPS) is 23.4. The number of hydrogen-bond donors (Lipinski definition) is 2. The number of carbonyl (C=O) groups is 1. The Kier molecular flexibility index (Phi) is 3.91. The molecule has 0 bridgehead atoms. The van der Waals surface area contributed by atoms with E-state index in [0.717, 1.165) is 5.69 Å². The van der Waals surface area contributed by atoms with Crippen LogP contribution in [0.4, 0.5) is 0 Å². The largest absolute Gasteiger partial charge is 0.388 e. The molecule has 0 spiro atoms. The van der Waals surface area contributed by atoms with E-state index in [2.05, 4.69) is 5.10 Å². The van der Waals surface area contributed by atoms with Crippen molar-refractivity contribution in [2.75, 3.05) is 13.1 Å². The Morgan fingerprint density at radius 3 is 2.47 bits per heavy atom. The molecule has 2 heterocycles. The van der Waals surface area contributed by atoms with Gasteiger partial charge in [0.1, 0.15) is 5.69 Å². The van der Waals surface area contributed by atoms with Crippen molar-refractivity contribution >= 4 is 5.91 Å². The molecule has 2 rings (SSSR count). The molecule has 1 aliphatic rings. The zero-order valence-corrected chi connectivity index (χ0v) is 11.6. The Morgan fingerprint density at radius 2 is 2.00 bits per heavy atom. The number of carbonyl (C=O) groups excluding carboxylic acids is 1. The van der Waals surface area contributed by atoms with Gasteiger partial charge in [-0.15, -0.1) is 0 Å². The van der Waals surface area contributed by atoms with Gasteiger partial charge in [-0.1, -0.05) is 13.8 Å². The summed E-state index contributed by atoms with van der Waals surface area (Å²) in [6.07, 6.45) is -1.71. The molecule has 2 N–H and O–H groups in total. The van der Waals surface area contributed by atoms with Crippen LogP contribution in [0.1, 0.15) is 42.9 Å². The number of aromatic nitrogens is 2. The number of likely N-dealkylation sites (tertiary alicyclic amines) is 1. The van der Waals surface area contributed by atoms with E-state index in [4.69, 9.17) is 0 Å². The number of rotatable bonds is 3. The number of aliphatic hydroxyl groups is 2. The van der Waals surface area contributed by atoms with Crippen LogP contribution in [-0.2, 0) is 6.54 Å². The first-order valence-corrected chi connectivity index (χ1v) is 6.67. The minimum absolute atomic E-state index is 0.173. The van der Waals surface area contributed by atoms with E-state index in [1.165, 1.54) is 4.90 Å². The molecule has 0 saturated carbocycles. The third kappa shape index (κ3) is 2.64. The summed E-state index contributed by atoms with van der Waals surface area (Å²) in [6.45, 7) is 6.95. The number of hydrogen-bond acceptors (Lipinski definition) is 4. The Bertz CT molecular complexity index is 460. The first-order valence-electron chi connectivity index (χ1n) is 6.67. The lowest BCUT2D eigenvalue weighted by Gasteiger charge is -2.15. The zero-order valence-electron chi connectivity index (χ0n) is 11.6. The third-order valence-corrected chi connectivity index (χ3v) is 3.46. The molecular formula is C13H21N3O3. The van der Waals surface area contributed by atoms with E-state index in [-0.39, 0.29) is 24.9 Å². The third-order valence-electron chi connectivity index (χ3n) is 3.46. The van der Waals surface area contributed by atoms with Crippen LogP contribution in [0.2, 0.25) is 0 Å². The van der Waals surface area contributed by atoms with Gasteiger partial charge in [-0.25, -0.2) is 0 Å². The topological polar surface area (TPSA) is 78.6 Å². The molecule has 1 aromatic heterocycles. The Labute approximate surface area is 112 Å². The highest BCUT2D eigenvalue weighted by molar-refractivity contribution is 5.93. The summed E-state index contributed by atoms with van der Waals surface area (Å²) in [4.78, 5) is 13.9. The van der Waals surface area contributed by atoms with Crippen LogP contribution < -0.4 is 0 Å². The fourth-order valence-corrected chi connectivity index (χ4v) is 2.23. The summed E-state index contributed by atoms with van der Waals surface area (Å²) in [5.74, 6) is 0.0750. The Balaban J connectivity index is 2.23. The number of aliphatic hydroxyl groups excluding tert-OH is 2. The van der Waals surface area contributed by atoms with Gasteiger partial charge in [-0.2, -0.15) is 5.10 Å². The lowest BCUT2D eigenvalue weighted by molar-refractivity contribution is 0.0572. The molecule has 0 aromatic carbocycles. The van der Waals surface area contributed by atoms with Gasteiger partial charge < -0.3 is 15.1 Å². The molecule has 0 radical (unpaired) electrons. The predicted molar refractivity (Wildman–Crippen MR) is 69.9 cm³/mol. The van der Waals surface area contributed by atoms with Gasteiger partial charge in [0.25, 0.3) is 5.91 Å². The van der Waals surface area contributed by atoms with E-state index in [9.17, 15) is 15.0 Å². The van der Waals surface area contributed by atoms with Crippen molar-refractivity contribution in [3.8, 4) is 0 Å². The van der Waals surface area contributed by atoms with Gasteiger partial charge in [-0.05, 0) is 18.9 Å². The van der Waals surface area contributed by atoms with Crippen LogP contribution in [0.25, 0.3) is 0 Å². The van der Waals surface area contributed by atoms with Crippen LogP contribution in [0.3, 0.4) is 0 Å². The predicted octanol–water partition coefficient (Wildman–Crippen LogP) is 0.204. The molecule has 0 aliphatic carbocycles. The fourth-order valence-electron chi connectivity index (χ4n) is 2.23. The maximum atomic E-state index is 12.4. The molecule has 1 fully saturated rings. The molecule has 19 heavy (non-hydrogen) atoms. The van der Waals surface area contributed by atoms with Crippen molar-refractivity contribution in [3.63, 3.8) is 0 Å². The zero-order chi connectivity index (χ0) is 14.2. The highest BCUT2D eigenvalue weighted by atomic mass is 16.3. The molecule has 106 valence electrons. The molecular weight excluding hydrogens is 246 g/mol. The van der Waals surface area contributed by atoms with E-state index in [1.54, 1.807) is 10.7 Å². The average molecular weight is 267 g/mol. The van der Waals surface area contributed by atoms with E-state index >= 15 is 0 Å². The standard InChI is InChI=1S/C13H21N3O3/c1-4-16-10(5-9(14-16)8(2)3)13(19)15-6-11(17)12(18)7-15/h5,8,11-12,17-18H,4,6-7H2,1-3H3/t11-,12+. The van der Waals surface area contributed by atoms with Crippen LogP contribution in [-0.4, -0.2) is 56.1 Å². The van der Waals surface area contributed by atoms with Gasteiger partial charge >= 0.3 is 0 Å². The van der Waals surface area contributed by atoms with Crippen LogP contribution in [0.15, 0.2) is 6.07 Å². The monoisotopic (exact) mass is 267 g/mol. The number of β-amino-alcohol motifs (C(OH)–C–C–N with tert-alkyl or cyclic N) is 2. The average Bonchev–Trinajstić information content (AvgIpc) is 2.93. The van der Waals surface area contributed by atoms with Crippen molar-refractivity contribution in [1.29, 1.82) is 0 Å². The highest BCUT2D eigenvalue weighted by Gasteiger charge is 2.34. The minimum Gasteiger partial charge on any atom is -0.388 e. The summed E-state index contributed by atoms with van der Waals surface area (Å²) in [7, 11) is 0. The Morgan fingerprint density at radius 1 is 1.42 bits per heavy atom. The second-order valence-electron chi connectivity index (χ2n) is 5.27. The minimum atomic E-state index is -0.855. The molecule has 1 aliphatic heterocycles. The lowest BCUT2D eigenvalue weighted by atomic mass is 10.1. The number of amides is 1. The maximum absolute atomic E-state index is 12.4. The second-order valence-corrected chi connectivity index (χ2v) is 5.27. The summed E-state index contributed by atoms with van der Waals surface area (Å²) in [5, 5.41) is 23.4. The van der Waals surface area contributed by atoms with E-state index < -0.39 is 12.2 Å². The van der Waals surface area contributed by atoms with Gasteiger partial charge in [0.2, 0.25) is 0 Å². The smallest absolute Gasteiger partial charge is 0.272 e. The van der Waals surface area contributed by atoms with Crippen molar-refractivity contribution < 1.29 is 15.0 Å². The molecule has 1 saturated heterocycles. The van der Waals surface area contributed by atoms with Crippen molar-refractivity contribution in [2.45, 2.75) is 45.4 Å². The fraction of sp³-hybridized carbons (Fsp3) is 0.692. The summed E-state index contributed by atoms with van der Waals surface area (Å²) in [5.41, 5.74) is 1.40. The number of aryl methyl sites for hydroxylation is 1. The van der Waals surface area contributed by atoms with E-state index in [0.29, 0.717) is 12.2 Å². The molecule has 1 amide bonds. The number of nitrogens with zero attached hydrogens (tertiary/aromatic N) is 3. The SMILES string of the molecule is CCn1nc(C(C)C)cc1C(=O)N1C[C@@H](O)[C@@H](O)C1. The Hall–Kier alpha value is -1.40. The highest BCUT2D eigenvalue weighted by Crippen LogP contribution is 2.18.